The number of rotatable bonds is 3. The number of hydrogen-bond donors (Lipinski definition) is 0. The minimum Gasteiger partial charge on any atom is -0.496 e. The Hall–Kier alpha value is -1.61. The Morgan fingerprint density at radius 2 is 1.94 bits per heavy atom. The first-order chi connectivity index (χ1) is 8.63. The SMILES string of the molecule is COc1ccc(C)cc1-c1cc(C)nc(CCl)n1. The Balaban J connectivity index is 2.60. The van der Waals surface area contributed by atoms with E-state index in [1.165, 1.54) is 0 Å². The summed E-state index contributed by atoms with van der Waals surface area (Å²) < 4.78 is 5.37. The molecule has 0 radical (unpaired) electrons. The normalized spacial score (nSPS) is 10.4. The number of methoxy groups -OCH3 is 1. The summed E-state index contributed by atoms with van der Waals surface area (Å²) in [7, 11) is 1.66. The molecule has 1 heterocycles. The van der Waals surface area contributed by atoms with Gasteiger partial charge >= 0.3 is 0 Å². The average Bonchev–Trinajstić information content (AvgIpc) is 2.38. The van der Waals surface area contributed by atoms with Crippen molar-refractivity contribution in [1.29, 1.82) is 0 Å². The summed E-state index contributed by atoms with van der Waals surface area (Å²) in [5.74, 6) is 1.75. The van der Waals surface area contributed by atoms with Crippen molar-refractivity contribution in [3.8, 4) is 17.0 Å². The number of hydrogen-bond acceptors (Lipinski definition) is 3. The van der Waals surface area contributed by atoms with Crippen molar-refractivity contribution in [1.82, 2.24) is 9.97 Å². The summed E-state index contributed by atoms with van der Waals surface area (Å²) >= 11 is 5.81. The lowest BCUT2D eigenvalue weighted by atomic mass is 10.1. The Kier molecular flexibility index (Phi) is 3.82. The molecule has 0 saturated heterocycles. The molecule has 0 fully saturated rings. The van der Waals surface area contributed by atoms with Gasteiger partial charge in [-0.2, -0.15) is 0 Å². The molecule has 0 unspecified atom stereocenters. The molecule has 18 heavy (non-hydrogen) atoms. The second-order valence-corrected chi connectivity index (χ2v) is 4.42. The standard InChI is InChI=1S/C14H15ClN2O/c1-9-4-5-13(18-3)11(6-9)12-7-10(2)16-14(8-15)17-12/h4-7H,8H2,1-3H3. The quantitative estimate of drug-likeness (QED) is 0.794. The Morgan fingerprint density at radius 3 is 2.61 bits per heavy atom. The number of aryl methyl sites for hydroxylation is 2. The summed E-state index contributed by atoms with van der Waals surface area (Å²) in [6.45, 7) is 3.98. The van der Waals surface area contributed by atoms with Gasteiger partial charge in [0.05, 0.1) is 18.7 Å². The van der Waals surface area contributed by atoms with Crippen molar-refractivity contribution in [3.05, 3.63) is 41.3 Å². The molecule has 4 heteroatoms. The zero-order valence-electron chi connectivity index (χ0n) is 10.7. The van der Waals surface area contributed by atoms with Gasteiger partial charge in [0.2, 0.25) is 0 Å². The summed E-state index contributed by atoms with van der Waals surface area (Å²) in [5, 5.41) is 0. The van der Waals surface area contributed by atoms with Gasteiger partial charge in [0.1, 0.15) is 11.6 Å². The Morgan fingerprint density at radius 1 is 1.17 bits per heavy atom. The van der Waals surface area contributed by atoms with Crippen LogP contribution >= 0.6 is 11.6 Å². The molecule has 94 valence electrons. The van der Waals surface area contributed by atoms with Gasteiger partial charge in [-0.05, 0) is 32.0 Å². The van der Waals surface area contributed by atoms with Crippen LogP contribution in [-0.4, -0.2) is 17.1 Å². The average molecular weight is 263 g/mol. The van der Waals surface area contributed by atoms with Gasteiger partial charge < -0.3 is 4.74 Å². The van der Waals surface area contributed by atoms with Crippen LogP contribution < -0.4 is 4.74 Å². The largest absolute Gasteiger partial charge is 0.496 e. The van der Waals surface area contributed by atoms with Crippen molar-refractivity contribution in [2.24, 2.45) is 0 Å². The Bertz CT molecular complexity index is 570. The molecular weight excluding hydrogens is 248 g/mol. The third kappa shape index (κ3) is 2.62. The third-order valence-corrected chi connectivity index (χ3v) is 2.89. The molecule has 0 aliphatic carbocycles. The zero-order valence-corrected chi connectivity index (χ0v) is 11.5. The number of ether oxygens (including phenoxy) is 1. The van der Waals surface area contributed by atoms with Crippen molar-refractivity contribution in [3.63, 3.8) is 0 Å². The summed E-state index contributed by atoms with van der Waals surface area (Å²) in [4.78, 5) is 8.72. The van der Waals surface area contributed by atoms with Crippen LogP contribution in [0.3, 0.4) is 0 Å². The van der Waals surface area contributed by atoms with Gasteiger partial charge in [0.25, 0.3) is 0 Å². The molecular formula is C14H15ClN2O. The summed E-state index contributed by atoms with van der Waals surface area (Å²) in [6.07, 6.45) is 0. The Labute approximate surface area is 112 Å². The molecule has 0 bridgehead atoms. The minimum absolute atomic E-state index is 0.308. The number of benzene rings is 1. The maximum atomic E-state index is 5.81. The van der Waals surface area contributed by atoms with E-state index in [2.05, 4.69) is 16.0 Å². The van der Waals surface area contributed by atoms with Crippen LogP contribution in [0.1, 0.15) is 17.1 Å². The predicted octanol–water partition coefficient (Wildman–Crippen LogP) is 3.51. The van der Waals surface area contributed by atoms with Crippen LogP contribution in [-0.2, 0) is 5.88 Å². The van der Waals surface area contributed by atoms with E-state index in [9.17, 15) is 0 Å². The van der Waals surface area contributed by atoms with E-state index in [0.717, 1.165) is 28.3 Å². The molecule has 1 aromatic heterocycles. The fraction of sp³-hybridized carbons (Fsp3) is 0.286. The van der Waals surface area contributed by atoms with Gasteiger partial charge in [-0.3, -0.25) is 0 Å². The van der Waals surface area contributed by atoms with E-state index in [-0.39, 0.29) is 0 Å². The molecule has 3 nitrogen and oxygen atoms in total. The van der Waals surface area contributed by atoms with Crippen molar-refractivity contribution in [2.75, 3.05) is 7.11 Å². The highest BCUT2D eigenvalue weighted by molar-refractivity contribution is 6.16. The van der Waals surface area contributed by atoms with Gasteiger partial charge in [0.15, 0.2) is 0 Å². The maximum absolute atomic E-state index is 5.81. The smallest absolute Gasteiger partial charge is 0.143 e. The first-order valence-corrected chi connectivity index (χ1v) is 6.23. The van der Waals surface area contributed by atoms with E-state index < -0.39 is 0 Å². The second-order valence-electron chi connectivity index (χ2n) is 4.15. The van der Waals surface area contributed by atoms with E-state index in [0.29, 0.717) is 11.7 Å². The molecule has 2 aromatic rings. The molecule has 0 spiro atoms. The molecule has 0 saturated carbocycles. The number of halogens is 1. The number of alkyl halides is 1. The van der Waals surface area contributed by atoms with Crippen LogP contribution in [0.15, 0.2) is 24.3 Å². The highest BCUT2D eigenvalue weighted by Gasteiger charge is 2.09. The van der Waals surface area contributed by atoms with E-state index in [1.807, 2.05) is 32.0 Å². The molecule has 0 N–H and O–H groups in total. The monoisotopic (exact) mass is 262 g/mol. The molecule has 0 aliphatic heterocycles. The van der Waals surface area contributed by atoms with Crippen LogP contribution in [0.5, 0.6) is 5.75 Å². The fourth-order valence-corrected chi connectivity index (χ4v) is 1.97. The molecule has 1 aromatic carbocycles. The second kappa shape index (κ2) is 5.36. The first kappa shape index (κ1) is 12.8. The van der Waals surface area contributed by atoms with Gasteiger partial charge in [-0.15, -0.1) is 11.6 Å². The lowest BCUT2D eigenvalue weighted by Gasteiger charge is -2.10. The van der Waals surface area contributed by atoms with Gasteiger partial charge in [0, 0.05) is 11.3 Å². The predicted molar refractivity (Wildman–Crippen MR) is 73.1 cm³/mol. The minimum atomic E-state index is 0.308. The highest BCUT2D eigenvalue weighted by Crippen LogP contribution is 2.29. The highest BCUT2D eigenvalue weighted by atomic mass is 35.5. The van der Waals surface area contributed by atoms with Crippen molar-refractivity contribution in [2.45, 2.75) is 19.7 Å². The number of nitrogens with zero attached hydrogens (tertiary/aromatic N) is 2. The van der Waals surface area contributed by atoms with E-state index in [4.69, 9.17) is 16.3 Å². The summed E-state index contributed by atoms with van der Waals surface area (Å²) in [6, 6.07) is 7.95. The fourth-order valence-electron chi connectivity index (χ4n) is 1.85. The molecule has 0 atom stereocenters. The van der Waals surface area contributed by atoms with Gasteiger partial charge in [-0.25, -0.2) is 9.97 Å². The lowest BCUT2D eigenvalue weighted by Crippen LogP contribution is -1.98. The third-order valence-electron chi connectivity index (χ3n) is 2.65. The first-order valence-electron chi connectivity index (χ1n) is 5.69. The molecule has 2 rings (SSSR count). The molecule has 0 amide bonds. The maximum Gasteiger partial charge on any atom is 0.143 e. The van der Waals surface area contributed by atoms with Crippen LogP contribution in [0, 0.1) is 13.8 Å². The number of aromatic nitrogens is 2. The topological polar surface area (TPSA) is 35.0 Å². The van der Waals surface area contributed by atoms with Crippen LogP contribution in [0.4, 0.5) is 0 Å². The van der Waals surface area contributed by atoms with Gasteiger partial charge in [-0.1, -0.05) is 11.6 Å². The van der Waals surface area contributed by atoms with Crippen LogP contribution in [0.2, 0.25) is 0 Å². The summed E-state index contributed by atoms with van der Waals surface area (Å²) in [5.41, 5.74) is 3.88. The zero-order chi connectivity index (χ0) is 13.1. The van der Waals surface area contributed by atoms with Crippen LogP contribution in [0.25, 0.3) is 11.3 Å². The molecule has 0 aliphatic rings. The van der Waals surface area contributed by atoms with Crippen molar-refractivity contribution < 1.29 is 4.74 Å². The lowest BCUT2D eigenvalue weighted by molar-refractivity contribution is 0.416. The van der Waals surface area contributed by atoms with Crippen molar-refractivity contribution >= 4 is 11.6 Å². The van der Waals surface area contributed by atoms with E-state index in [1.54, 1.807) is 7.11 Å². The van der Waals surface area contributed by atoms with E-state index >= 15 is 0 Å².